The minimum Gasteiger partial charge on any atom is -0.324 e. The van der Waals surface area contributed by atoms with Gasteiger partial charge in [0.05, 0.1) is 11.0 Å². The zero-order valence-electron chi connectivity index (χ0n) is 9.77. The number of hydrogen-bond donors (Lipinski definition) is 2. The molecule has 0 aliphatic carbocycles. The number of hydrogen-bond acceptors (Lipinski definition) is 4. The summed E-state index contributed by atoms with van der Waals surface area (Å²) in [6, 6.07) is 3.93. The van der Waals surface area contributed by atoms with Crippen LogP contribution >= 0.6 is 0 Å². The van der Waals surface area contributed by atoms with E-state index >= 15 is 0 Å². The monoisotopic (exact) mass is 237 g/mol. The molecule has 17 heavy (non-hydrogen) atoms. The largest absolute Gasteiger partial charge is 0.324 e. The maximum atomic E-state index is 11.5. The third kappa shape index (κ3) is 3.25. The number of carbonyl (C=O) groups excluding carboxylic acids is 1. The van der Waals surface area contributed by atoms with Crippen LogP contribution in [0.15, 0.2) is 18.2 Å². The minimum atomic E-state index is -0.602. The zero-order chi connectivity index (χ0) is 13.0. The first-order chi connectivity index (χ1) is 7.95. The zero-order valence-corrected chi connectivity index (χ0v) is 9.77. The molecule has 6 nitrogen and oxygen atoms in total. The molecule has 1 rings (SSSR count). The Hall–Kier alpha value is -1.95. The van der Waals surface area contributed by atoms with Crippen molar-refractivity contribution >= 4 is 17.3 Å². The van der Waals surface area contributed by atoms with E-state index in [1.54, 1.807) is 26.0 Å². The number of nitrogens with one attached hydrogen (secondary N) is 1. The Kier molecular flexibility index (Phi) is 4.17. The van der Waals surface area contributed by atoms with Gasteiger partial charge in [0, 0.05) is 17.3 Å². The maximum Gasteiger partial charge on any atom is 0.274 e. The first-order valence-corrected chi connectivity index (χ1v) is 5.27. The minimum absolute atomic E-state index is 0.0205. The van der Waals surface area contributed by atoms with E-state index in [0.717, 1.165) is 0 Å². The molecule has 3 N–H and O–H groups in total. The molecule has 6 heteroatoms. The Balaban J connectivity index is 2.90. The Morgan fingerprint density at radius 2 is 2.24 bits per heavy atom. The molecule has 0 spiro atoms. The Morgan fingerprint density at radius 3 is 2.76 bits per heavy atom. The standard InChI is InChI=1S/C11H15N3O3/c1-3-9(12)11(15)13-8-5-4-7(2)10(6-8)14(16)17/h4-6,9H,3,12H2,1-2H3,(H,13,15). The fraction of sp³-hybridized carbons (Fsp3) is 0.364. The fourth-order valence-corrected chi connectivity index (χ4v) is 1.30. The van der Waals surface area contributed by atoms with Gasteiger partial charge in [0.1, 0.15) is 0 Å². The molecule has 1 aromatic rings. The van der Waals surface area contributed by atoms with E-state index in [1.165, 1.54) is 6.07 Å². The van der Waals surface area contributed by atoms with Gasteiger partial charge in [-0.05, 0) is 19.4 Å². The van der Waals surface area contributed by atoms with Gasteiger partial charge in [0.15, 0.2) is 0 Å². The number of nitrogens with two attached hydrogens (primary N) is 1. The molecule has 0 radical (unpaired) electrons. The highest BCUT2D eigenvalue weighted by molar-refractivity contribution is 5.94. The second kappa shape index (κ2) is 5.40. The Bertz CT molecular complexity index is 446. The summed E-state index contributed by atoms with van der Waals surface area (Å²) in [7, 11) is 0. The average Bonchev–Trinajstić information content (AvgIpc) is 2.30. The van der Waals surface area contributed by atoms with E-state index in [4.69, 9.17) is 5.73 Å². The number of nitro groups is 1. The van der Waals surface area contributed by atoms with Crippen LogP contribution in [-0.2, 0) is 4.79 Å². The van der Waals surface area contributed by atoms with Crippen LogP contribution in [0.5, 0.6) is 0 Å². The fourth-order valence-electron chi connectivity index (χ4n) is 1.30. The van der Waals surface area contributed by atoms with Crippen molar-refractivity contribution in [1.82, 2.24) is 0 Å². The van der Waals surface area contributed by atoms with Crippen LogP contribution in [-0.4, -0.2) is 16.9 Å². The molecule has 0 aliphatic rings. The number of anilines is 1. The molecule has 0 aliphatic heterocycles. The highest BCUT2D eigenvalue weighted by Gasteiger charge is 2.14. The average molecular weight is 237 g/mol. The van der Waals surface area contributed by atoms with Crippen LogP contribution in [0.25, 0.3) is 0 Å². The predicted molar refractivity (Wildman–Crippen MR) is 64.7 cm³/mol. The van der Waals surface area contributed by atoms with Gasteiger partial charge in [0.2, 0.25) is 5.91 Å². The van der Waals surface area contributed by atoms with Crippen LogP contribution < -0.4 is 11.1 Å². The number of rotatable bonds is 4. The second-order valence-electron chi connectivity index (χ2n) is 3.76. The van der Waals surface area contributed by atoms with Gasteiger partial charge in [-0.2, -0.15) is 0 Å². The van der Waals surface area contributed by atoms with Crippen LogP contribution in [0.1, 0.15) is 18.9 Å². The Morgan fingerprint density at radius 1 is 1.59 bits per heavy atom. The van der Waals surface area contributed by atoms with Crippen molar-refractivity contribution in [2.75, 3.05) is 5.32 Å². The molecule has 0 aromatic heterocycles. The van der Waals surface area contributed by atoms with Crippen LogP contribution in [0.3, 0.4) is 0 Å². The molecular formula is C11H15N3O3. The van der Waals surface area contributed by atoms with Crippen molar-refractivity contribution in [3.63, 3.8) is 0 Å². The van der Waals surface area contributed by atoms with Crippen molar-refractivity contribution in [2.45, 2.75) is 26.3 Å². The lowest BCUT2D eigenvalue weighted by Gasteiger charge is -2.10. The van der Waals surface area contributed by atoms with E-state index in [1.807, 2.05) is 0 Å². The number of nitrogens with zero attached hydrogens (tertiary/aromatic N) is 1. The summed E-state index contributed by atoms with van der Waals surface area (Å²) in [5.41, 5.74) is 6.46. The maximum absolute atomic E-state index is 11.5. The molecule has 1 unspecified atom stereocenters. The van der Waals surface area contributed by atoms with E-state index in [-0.39, 0.29) is 11.6 Å². The summed E-state index contributed by atoms with van der Waals surface area (Å²) in [5.74, 6) is -0.342. The third-order valence-corrected chi connectivity index (χ3v) is 2.45. The van der Waals surface area contributed by atoms with Crippen molar-refractivity contribution in [3.05, 3.63) is 33.9 Å². The van der Waals surface area contributed by atoms with Crippen LogP contribution in [0, 0.1) is 17.0 Å². The van der Waals surface area contributed by atoms with Gasteiger partial charge >= 0.3 is 0 Å². The van der Waals surface area contributed by atoms with Gasteiger partial charge in [-0.15, -0.1) is 0 Å². The summed E-state index contributed by atoms with van der Waals surface area (Å²) in [5, 5.41) is 13.3. The second-order valence-corrected chi connectivity index (χ2v) is 3.76. The van der Waals surface area contributed by atoms with Gasteiger partial charge < -0.3 is 11.1 Å². The molecule has 0 saturated carbocycles. The van der Waals surface area contributed by atoms with Gasteiger partial charge in [0.25, 0.3) is 5.69 Å². The normalized spacial score (nSPS) is 11.9. The topological polar surface area (TPSA) is 98.3 Å². The summed E-state index contributed by atoms with van der Waals surface area (Å²) < 4.78 is 0. The summed E-state index contributed by atoms with van der Waals surface area (Å²) in [6.07, 6.45) is 0.514. The van der Waals surface area contributed by atoms with Crippen molar-refractivity contribution in [3.8, 4) is 0 Å². The van der Waals surface area contributed by atoms with Crippen molar-refractivity contribution in [2.24, 2.45) is 5.73 Å². The Labute approximate surface area is 99.0 Å². The van der Waals surface area contributed by atoms with Gasteiger partial charge in [-0.25, -0.2) is 0 Å². The summed E-state index contributed by atoms with van der Waals surface area (Å²) in [6.45, 7) is 3.43. The van der Waals surface area contributed by atoms with E-state index in [0.29, 0.717) is 17.7 Å². The molecule has 1 aromatic carbocycles. The molecule has 0 bridgehead atoms. The van der Waals surface area contributed by atoms with Crippen molar-refractivity contribution < 1.29 is 9.72 Å². The quantitative estimate of drug-likeness (QED) is 0.613. The molecule has 1 atom stereocenters. The van der Waals surface area contributed by atoms with Gasteiger partial charge in [-0.3, -0.25) is 14.9 Å². The van der Waals surface area contributed by atoms with Gasteiger partial charge in [-0.1, -0.05) is 13.0 Å². The predicted octanol–water partition coefficient (Wildman–Crippen LogP) is 1.58. The third-order valence-electron chi connectivity index (χ3n) is 2.45. The number of nitro benzene ring substituents is 1. The lowest BCUT2D eigenvalue weighted by atomic mass is 10.1. The molecule has 92 valence electrons. The molecule has 1 amide bonds. The van der Waals surface area contributed by atoms with E-state index < -0.39 is 11.0 Å². The number of amides is 1. The highest BCUT2D eigenvalue weighted by atomic mass is 16.6. The number of benzene rings is 1. The number of aryl methyl sites for hydroxylation is 1. The molecule has 0 saturated heterocycles. The smallest absolute Gasteiger partial charge is 0.274 e. The highest BCUT2D eigenvalue weighted by Crippen LogP contribution is 2.22. The SMILES string of the molecule is CCC(N)C(=O)Nc1ccc(C)c([N+](=O)[O-])c1. The lowest BCUT2D eigenvalue weighted by molar-refractivity contribution is -0.385. The summed E-state index contributed by atoms with van der Waals surface area (Å²) in [4.78, 5) is 21.7. The first kappa shape index (κ1) is 13.1. The van der Waals surface area contributed by atoms with Crippen molar-refractivity contribution in [1.29, 1.82) is 0 Å². The van der Waals surface area contributed by atoms with E-state index in [2.05, 4.69) is 5.32 Å². The number of carbonyl (C=O) groups is 1. The van der Waals surface area contributed by atoms with Crippen LogP contribution in [0.4, 0.5) is 11.4 Å². The lowest BCUT2D eigenvalue weighted by Crippen LogP contribution is -2.34. The first-order valence-electron chi connectivity index (χ1n) is 5.27. The van der Waals surface area contributed by atoms with Crippen LogP contribution in [0.2, 0.25) is 0 Å². The summed E-state index contributed by atoms with van der Waals surface area (Å²) >= 11 is 0. The molecule has 0 heterocycles. The molecule has 0 fully saturated rings. The molecular weight excluding hydrogens is 222 g/mol. The van der Waals surface area contributed by atoms with E-state index in [9.17, 15) is 14.9 Å².